The molecule has 3 rings (SSSR count). The van der Waals surface area contributed by atoms with Crippen molar-refractivity contribution in [2.45, 2.75) is 18.3 Å². The van der Waals surface area contributed by atoms with Crippen LogP contribution in [0.4, 0.5) is 0 Å². The smallest absolute Gasteiger partial charge is 0.230 e. The first-order valence-electron chi connectivity index (χ1n) is 8.33. The molecule has 0 spiro atoms. The van der Waals surface area contributed by atoms with Crippen molar-refractivity contribution in [1.82, 2.24) is 15.6 Å². The van der Waals surface area contributed by atoms with E-state index >= 15 is 0 Å². The fourth-order valence-corrected chi connectivity index (χ4v) is 3.84. The standard InChI is InChI=1S/C19H21N3O2S2/c23-19(13-25-11-16-12-26-14-22-16)21-10-17(18-7-4-8-24-18)20-9-15-5-2-1-3-6-15/h1-8,12,14,17,20H,9-11,13H2,(H,21,23). The summed E-state index contributed by atoms with van der Waals surface area (Å²) in [5.74, 6) is 2.01. The molecular formula is C19H21N3O2S2. The first-order chi connectivity index (χ1) is 12.8. The van der Waals surface area contributed by atoms with E-state index in [2.05, 4.69) is 27.8 Å². The number of hydrogen-bond acceptors (Lipinski definition) is 6. The number of thioether (sulfide) groups is 1. The number of hydrogen-bond donors (Lipinski definition) is 2. The van der Waals surface area contributed by atoms with Crippen LogP contribution in [0, 0.1) is 0 Å². The molecule has 0 saturated heterocycles. The molecule has 1 amide bonds. The second kappa shape index (κ2) is 10.2. The Balaban J connectivity index is 1.45. The molecule has 2 N–H and O–H groups in total. The third-order valence-corrected chi connectivity index (χ3v) is 5.35. The summed E-state index contributed by atoms with van der Waals surface area (Å²) < 4.78 is 5.52. The topological polar surface area (TPSA) is 67.2 Å². The predicted octanol–water partition coefficient (Wildman–Crippen LogP) is 3.62. The maximum atomic E-state index is 12.1. The van der Waals surface area contributed by atoms with Gasteiger partial charge >= 0.3 is 0 Å². The molecule has 1 unspecified atom stereocenters. The second-order valence-corrected chi connectivity index (χ2v) is 7.42. The molecule has 2 aromatic heterocycles. The molecule has 0 saturated carbocycles. The van der Waals surface area contributed by atoms with Crippen LogP contribution in [0.15, 0.2) is 64.0 Å². The summed E-state index contributed by atoms with van der Waals surface area (Å²) in [4.78, 5) is 16.3. The summed E-state index contributed by atoms with van der Waals surface area (Å²) in [6.07, 6.45) is 1.65. The summed E-state index contributed by atoms with van der Waals surface area (Å²) >= 11 is 3.14. The number of carbonyl (C=O) groups is 1. The number of aromatic nitrogens is 1. The Morgan fingerprint density at radius 1 is 1.23 bits per heavy atom. The van der Waals surface area contributed by atoms with Crippen LogP contribution in [0.3, 0.4) is 0 Å². The first kappa shape index (κ1) is 18.7. The fraction of sp³-hybridized carbons (Fsp3) is 0.263. The van der Waals surface area contributed by atoms with Gasteiger partial charge in [-0.1, -0.05) is 30.3 Å². The zero-order valence-corrected chi connectivity index (χ0v) is 15.9. The lowest BCUT2D eigenvalue weighted by Crippen LogP contribution is -2.35. The summed E-state index contributed by atoms with van der Waals surface area (Å²) in [5.41, 5.74) is 4.02. The van der Waals surface area contributed by atoms with Gasteiger partial charge in [-0.15, -0.1) is 23.1 Å². The lowest BCUT2D eigenvalue weighted by molar-refractivity contribution is -0.118. The fourth-order valence-electron chi connectivity index (χ4n) is 2.42. The van der Waals surface area contributed by atoms with Gasteiger partial charge in [-0.3, -0.25) is 4.79 Å². The molecule has 0 aliphatic carbocycles. The zero-order chi connectivity index (χ0) is 18.0. The van der Waals surface area contributed by atoms with Gasteiger partial charge in [0, 0.05) is 24.2 Å². The summed E-state index contributed by atoms with van der Waals surface area (Å²) in [6.45, 7) is 1.19. The third-order valence-electron chi connectivity index (χ3n) is 3.75. The molecule has 1 atom stereocenters. The van der Waals surface area contributed by atoms with Gasteiger partial charge < -0.3 is 15.1 Å². The van der Waals surface area contributed by atoms with Crippen molar-refractivity contribution in [3.05, 3.63) is 76.6 Å². The highest BCUT2D eigenvalue weighted by atomic mass is 32.2. The Labute approximate surface area is 161 Å². The quantitative estimate of drug-likeness (QED) is 0.556. The Morgan fingerprint density at radius 3 is 2.85 bits per heavy atom. The minimum Gasteiger partial charge on any atom is -0.468 e. The van der Waals surface area contributed by atoms with Crippen molar-refractivity contribution in [2.24, 2.45) is 0 Å². The number of rotatable bonds is 10. The predicted molar refractivity (Wildman–Crippen MR) is 106 cm³/mol. The van der Waals surface area contributed by atoms with Crippen LogP contribution in [0.5, 0.6) is 0 Å². The molecule has 0 bridgehead atoms. The molecule has 26 heavy (non-hydrogen) atoms. The molecule has 0 fully saturated rings. The number of nitrogens with zero attached hydrogens (tertiary/aromatic N) is 1. The van der Waals surface area contributed by atoms with E-state index in [0.717, 1.165) is 17.2 Å². The number of carbonyl (C=O) groups excluding carboxylic acids is 1. The Hall–Kier alpha value is -2.09. The van der Waals surface area contributed by atoms with E-state index in [-0.39, 0.29) is 11.9 Å². The lowest BCUT2D eigenvalue weighted by Gasteiger charge is -2.17. The summed E-state index contributed by atoms with van der Waals surface area (Å²) in [7, 11) is 0. The second-order valence-electron chi connectivity index (χ2n) is 5.71. The van der Waals surface area contributed by atoms with Gasteiger partial charge in [-0.05, 0) is 17.7 Å². The number of amides is 1. The molecule has 136 valence electrons. The van der Waals surface area contributed by atoms with E-state index in [1.165, 1.54) is 5.56 Å². The van der Waals surface area contributed by atoms with Crippen LogP contribution in [-0.2, 0) is 17.1 Å². The molecule has 0 radical (unpaired) electrons. The molecule has 5 nitrogen and oxygen atoms in total. The summed E-state index contributed by atoms with van der Waals surface area (Å²) in [6, 6.07) is 13.9. The molecule has 1 aromatic carbocycles. The van der Waals surface area contributed by atoms with Crippen LogP contribution in [-0.4, -0.2) is 23.2 Å². The van der Waals surface area contributed by atoms with Gasteiger partial charge in [-0.2, -0.15) is 0 Å². The Kier molecular flexibility index (Phi) is 7.30. The molecule has 7 heteroatoms. The first-order valence-corrected chi connectivity index (χ1v) is 10.4. The van der Waals surface area contributed by atoms with Gasteiger partial charge in [0.15, 0.2) is 0 Å². The monoisotopic (exact) mass is 387 g/mol. The van der Waals surface area contributed by atoms with Gasteiger partial charge in [0.1, 0.15) is 5.76 Å². The minimum absolute atomic E-state index is 0.0169. The molecule has 2 heterocycles. The maximum Gasteiger partial charge on any atom is 0.230 e. The van der Waals surface area contributed by atoms with E-state index in [0.29, 0.717) is 18.8 Å². The molecule has 0 aliphatic heterocycles. The van der Waals surface area contributed by atoms with Crippen molar-refractivity contribution < 1.29 is 9.21 Å². The molecule has 0 aliphatic rings. The SMILES string of the molecule is O=C(CSCc1cscn1)NCC(NCc1ccccc1)c1ccco1. The van der Waals surface area contributed by atoms with Crippen LogP contribution < -0.4 is 10.6 Å². The van der Waals surface area contributed by atoms with Gasteiger partial charge in [0.05, 0.1) is 29.3 Å². The Morgan fingerprint density at radius 2 is 2.12 bits per heavy atom. The Bertz CT molecular complexity index is 761. The van der Waals surface area contributed by atoms with E-state index < -0.39 is 0 Å². The average molecular weight is 388 g/mol. The highest BCUT2D eigenvalue weighted by Gasteiger charge is 2.15. The van der Waals surface area contributed by atoms with Crippen LogP contribution in [0.2, 0.25) is 0 Å². The van der Waals surface area contributed by atoms with E-state index in [1.807, 2.05) is 41.2 Å². The van der Waals surface area contributed by atoms with E-state index in [9.17, 15) is 4.79 Å². The zero-order valence-electron chi connectivity index (χ0n) is 14.3. The molecular weight excluding hydrogens is 366 g/mol. The number of furan rings is 1. The van der Waals surface area contributed by atoms with Crippen molar-refractivity contribution in [3.8, 4) is 0 Å². The van der Waals surface area contributed by atoms with E-state index in [1.54, 1.807) is 29.4 Å². The molecule has 3 aromatic rings. The number of thiazole rings is 1. The van der Waals surface area contributed by atoms with E-state index in [4.69, 9.17) is 4.42 Å². The van der Waals surface area contributed by atoms with Crippen molar-refractivity contribution >= 4 is 29.0 Å². The summed E-state index contributed by atoms with van der Waals surface area (Å²) in [5, 5.41) is 8.44. The average Bonchev–Trinajstić information content (AvgIpc) is 3.36. The normalized spacial score (nSPS) is 12.0. The van der Waals surface area contributed by atoms with Crippen LogP contribution in [0.1, 0.15) is 23.1 Å². The number of benzene rings is 1. The van der Waals surface area contributed by atoms with Crippen molar-refractivity contribution in [3.63, 3.8) is 0 Å². The van der Waals surface area contributed by atoms with Gasteiger partial charge in [0.2, 0.25) is 5.91 Å². The number of nitrogens with one attached hydrogen (secondary N) is 2. The van der Waals surface area contributed by atoms with Crippen LogP contribution in [0.25, 0.3) is 0 Å². The third kappa shape index (κ3) is 6.01. The van der Waals surface area contributed by atoms with Crippen molar-refractivity contribution in [1.29, 1.82) is 0 Å². The van der Waals surface area contributed by atoms with Gasteiger partial charge in [0.25, 0.3) is 0 Å². The van der Waals surface area contributed by atoms with Crippen molar-refractivity contribution in [2.75, 3.05) is 12.3 Å². The minimum atomic E-state index is -0.0716. The largest absolute Gasteiger partial charge is 0.468 e. The highest BCUT2D eigenvalue weighted by molar-refractivity contribution is 7.99. The lowest BCUT2D eigenvalue weighted by atomic mass is 10.2. The highest BCUT2D eigenvalue weighted by Crippen LogP contribution is 2.15. The van der Waals surface area contributed by atoms with Crippen LogP contribution >= 0.6 is 23.1 Å². The maximum absolute atomic E-state index is 12.1. The van der Waals surface area contributed by atoms with Gasteiger partial charge in [-0.25, -0.2) is 4.98 Å².